The normalized spacial score (nSPS) is 15.4. The molecule has 26 heavy (non-hydrogen) atoms. The molecular formula is C24H41ClO. The summed E-state index contributed by atoms with van der Waals surface area (Å²) in [5.74, 6) is 0. The first-order valence-corrected chi connectivity index (χ1v) is 11.5. The van der Waals surface area contributed by atoms with E-state index in [1.807, 2.05) is 30.3 Å². The van der Waals surface area contributed by atoms with Crippen LogP contribution in [0.5, 0.6) is 0 Å². The molecule has 1 saturated heterocycles. The van der Waals surface area contributed by atoms with Crippen LogP contribution in [-0.2, 0) is 4.74 Å². The van der Waals surface area contributed by atoms with Crippen LogP contribution >= 0.6 is 11.6 Å². The predicted octanol–water partition coefficient (Wildman–Crippen LogP) is 8.60. The molecule has 0 saturated carbocycles. The molecule has 0 aliphatic carbocycles. The zero-order valence-corrected chi connectivity index (χ0v) is 17.8. The molecular weight excluding hydrogens is 340 g/mol. The minimum absolute atomic E-state index is 0.650. The third-order valence-corrected chi connectivity index (χ3v) is 5.27. The number of rotatable bonds is 15. The first kappa shape index (κ1) is 23.5. The fourth-order valence-electron chi connectivity index (χ4n) is 3.22. The number of epoxide rings is 1. The van der Waals surface area contributed by atoms with Crippen molar-refractivity contribution < 1.29 is 4.74 Å². The van der Waals surface area contributed by atoms with Crippen molar-refractivity contribution in [2.45, 2.75) is 109 Å². The lowest BCUT2D eigenvalue weighted by molar-refractivity contribution is 0.387. The Bertz CT molecular complexity index is 388. The van der Waals surface area contributed by atoms with E-state index in [1.165, 1.54) is 96.3 Å². The van der Waals surface area contributed by atoms with Gasteiger partial charge in [-0.1, -0.05) is 127 Å². The van der Waals surface area contributed by atoms with Gasteiger partial charge in [0.25, 0.3) is 0 Å². The molecule has 0 radical (unpaired) electrons. The fourth-order valence-corrected chi connectivity index (χ4v) is 3.36. The number of benzene rings is 1. The van der Waals surface area contributed by atoms with E-state index in [0.29, 0.717) is 6.10 Å². The van der Waals surface area contributed by atoms with Crippen molar-refractivity contribution in [3.05, 3.63) is 35.4 Å². The molecule has 0 spiro atoms. The second-order valence-electron chi connectivity index (χ2n) is 7.64. The van der Waals surface area contributed by atoms with Gasteiger partial charge >= 0.3 is 0 Å². The maximum Gasteiger partial charge on any atom is 0.0810 e. The summed E-state index contributed by atoms with van der Waals surface area (Å²) in [6.45, 7) is 3.33. The summed E-state index contributed by atoms with van der Waals surface area (Å²) in [5, 5.41) is 0.794. The molecule has 1 fully saturated rings. The summed E-state index contributed by atoms with van der Waals surface area (Å²) in [7, 11) is 0. The van der Waals surface area contributed by atoms with Crippen LogP contribution in [0.3, 0.4) is 0 Å². The van der Waals surface area contributed by atoms with Gasteiger partial charge in [0.05, 0.1) is 12.7 Å². The molecule has 1 heterocycles. The van der Waals surface area contributed by atoms with Crippen LogP contribution in [0.4, 0.5) is 0 Å². The van der Waals surface area contributed by atoms with Crippen LogP contribution in [-0.4, -0.2) is 12.7 Å². The van der Waals surface area contributed by atoms with Crippen molar-refractivity contribution in [3.8, 4) is 0 Å². The maximum absolute atomic E-state index is 5.54. The Hall–Kier alpha value is -0.530. The van der Waals surface area contributed by atoms with Crippen LogP contribution in [0, 0.1) is 0 Å². The monoisotopic (exact) mass is 380 g/mol. The Morgan fingerprint density at radius 2 is 1.15 bits per heavy atom. The lowest BCUT2D eigenvalue weighted by Gasteiger charge is -2.03. The largest absolute Gasteiger partial charge is 0.373 e. The smallest absolute Gasteiger partial charge is 0.0810 e. The first-order chi connectivity index (χ1) is 12.8. The highest BCUT2D eigenvalue weighted by Gasteiger charge is 2.20. The molecule has 1 atom stereocenters. The van der Waals surface area contributed by atoms with Crippen molar-refractivity contribution in [3.63, 3.8) is 0 Å². The molecule has 1 unspecified atom stereocenters. The quantitative estimate of drug-likeness (QED) is 0.219. The van der Waals surface area contributed by atoms with Gasteiger partial charge in [0, 0.05) is 5.02 Å². The summed E-state index contributed by atoms with van der Waals surface area (Å²) >= 11 is 5.54. The number of hydrogen-bond donors (Lipinski definition) is 0. The van der Waals surface area contributed by atoms with Crippen molar-refractivity contribution >= 4 is 11.6 Å². The highest BCUT2D eigenvalue weighted by atomic mass is 35.5. The van der Waals surface area contributed by atoms with E-state index in [2.05, 4.69) is 6.92 Å². The Morgan fingerprint density at radius 3 is 1.50 bits per heavy atom. The minimum Gasteiger partial charge on any atom is -0.373 e. The SMILES string of the molecule is CCCCCCCCCCCCCCCCC1CO1.Clc1ccccc1. The van der Waals surface area contributed by atoms with Crippen LogP contribution in [0.25, 0.3) is 0 Å². The second kappa shape index (κ2) is 17.9. The third-order valence-electron chi connectivity index (χ3n) is 5.02. The minimum atomic E-state index is 0.650. The van der Waals surface area contributed by atoms with E-state index in [9.17, 15) is 0 Å². The lowest BCUT2D eigenvalue weighted by atomic mass is 10.0. The maximum atomic E-state index is 5.54. The summed E-state index contributed by atoms with van der Waals surface area (Å²) in [5.41, 5.74) is 0. The van der Waals surface area contributed by atoms with Gasteiger partial charge in [-0.05, 0) is 18.6 Å². The van der Waals surface area contributed by atoms with Crippen LogP contribution < -0.4 is 0 Å². The summed E-state index contributed by atoms with van der Waals surface area (Å²) in [6, 6.07) is 9.44. The number of ether oxygens (including phenoxy) is 1. The average molecular weight is 381 g/mol. The molecule has 2 heteroatoms. The highest BCUT2D eigenvalue weighted by molar-refractivity contribution is 6.30. The highest BCUT2D eigenvalue weighted by Crippen LogP contribution is 2.18. The molecule has 0 aromatic heterocycles. The third kappa shape index (κ3) is 16.9. The van der Waals surface area contributed by atoms with E-state index in [1.54, 1.807) is 0 Å². The van der Waals surface area contributed by atoms with E-state index in [4.69, 9.17) is 16.3 Å². The summed E-state index contributed by atoms with van der Waals surface area (Å²) in [6.07, 6.45) is 22.3. The molecule has 0 N–H and O–H groups in total. The van der Waals surface area contributed by atoms with Gasteiger partial charge in [0.15, 0.2) is 0 Å². The van der Waals surface area contributed by atoms with Crippen molar-refractivity contribution in [1.29, 1.82) is 0 Å². The van der Waals surface area contributed by atoms with Gasteiger partial charge < -0.3 is 4.74 Å². The number of halogens is 1. The van der Waals surface area contributed by atoms with E-state index >= 15 is 0 Å². The molecule has 1 aliphatic heterocycles. The van der Waals surface area contributed by atoms with Gasteiger partial charge in [-0.25, -0.2) is 0 Å². The second-order valence-corrected chi connectivity index (χ2v) is 8.07. The molecule has 2 rings (SSSR count). The summed E-state index contributed by atoms with van der Waals surface area (Å²) in [4.78, 5) is 0. The van der Waals surface area contributed by atoms with Crippen LogP contribution in [0.1, 0.15) is 103 Å². The van der Waals surface area contributed by atoms with Gasteiger partial charge in [0.1, 0.15) is 0 Å². The first-order valence-electron chi connectivity index (χ1n) is 11.1. The van der Waals surface area contributed by atoms with E-state index in [0.717, 1.165) is 11.6 Å². The zero-order chi connectivity index (χ0) is 18.7. The summed E-state index contributed by atoms with van der Waals surface area (Å²) < 4.78 is 5.22. The van der Waals surface area contributed by atoms with Crippen molar-refractivity contribution in [2.75, 3.05) is 6.61 Å². The molecule has 1 nitrogen and oxygen atoms in total. The molecule has 1 aliphatic rings. The van der Waals surface area contributed by atoms with E-state index in [-0.39, 0.29) is 0 Å². The number of hydrogen-bond acceptors (Lipinski definition) is 1. The Kier molecular flexibility index (Phi) is 16.2. The number of unbranched alkanes of at least 4 members (excludes halogenated alkanes) is 13. The zero-order valence-electron chi connectivity index (χ0n) is 17.1. The Balaban J connectivity index is 0.000000401. The Labute approximate surface area is 167 Å². The van der Waals surface area contributed by atoms with Gasteiger partial charge in [-0.15, -0.1) is 0 Å². The molecule has 1 aromatic rings. The van der Waals surface area contributed by atoms with Crippen molar-refractivity contribution in [2.24, 2.45) is 0 Å². The fraction of sp³-hybridized carbons (Fsp3) is 0.750. The van der Waals surface area contributed by atoms with Crippen LogP contribution in [0.15, 0.2) is 30.3 Å². The molecule has 150 valence electrons. The standard InChI is InChI=1S/C18H36O.C6H5Cl/c1-2-3-4-5-6-7-8-9-10-11-12-13-14-15-16-18-17-19-18;7-6-4-2-1-3-5-6/h18H,2-17H2,1H3;1-5H. The Morgan fingerprint density at radius 1 is 0.731 bits per heavy atom. The topological polar surface area (TPSA) is 12.5 Å². The van der Waals surface area contributed by atoms with Crippen molar-refractivity contribution in [1.82, 2.24) is 0 Å². The average Bonchev–Trinajstić information content (AvgIpc) is 3.48. The van der Waals surface area contributed by atoms with E-state index < -0.39 is 0 Å². The molecule has 0 bridgehead atoms. The van der Waals surface area contributed by atoms with Gasteiger partial charge in [-0.3, -0.25) is 0 Å². The van der Waals surface area contributed by atoms with Crippen LogP contribution in [0.2, 0.25) is 5.02 Å². The van der Waals surface area contributed by atoms with Gasteiger partial charge in [-0.2, -0.15) is 0 Å². The predicted molar refractivity (Wildman–Crippen MR) is 116 cm³/mol. The van der Waals surface area contributed by atoms with Gasteiger partial charge in [0.2, 0.25) is 0 Å². The molecule has 1 aromatic carbocycles. The molecule has 0 amide bonds. The lowest BCUT2D eigenvalue weighted by Crippen LogP contribution is -1.86.